The lowest BCUT2D eigenvalue weighted by molar-refractivity contribution is 0.922. The van der Waals surface area contributed by atoms with E-state index in [9.17, 15) is 0 Å². The number of rotatable bonds is 4. The number of aryl methyl sites for hydroxylation is 2. The summed E-state index contributed by atoms with van der Waals surface area (Å²) in [5.74, 6) is 1.83. The Balaban J connectivity index is 2.27. The number of nitrogens with zero attached hydrogens (tertiary/aromatic N) is 2. The first-order chi connectivity index (χ1) is 9.10. The first kappa shape index (κ1) is 13.5. The van der Waals surface area contributed by atoms with Gasteiger partial charge < -0.3 is 5.32 Å². The Morgan fingerprint density at radius 1 is 1.00 bits per heavy atom. The normalized spacial score (nSPS) is 10.5. The molecule has 0 radical (unpaired) electrons. The molecule has 1 heterocycles. The van der Waals surface area contributed by atoms with E-state index in [0.29, 0.717) is 0 Å². The fraction of sp³-hybridized carbons (Fsp3) is 0.375. The van der Waals surface area contributed by atoms with E-state index in [2.05, 4.69) is 60.3 Å². The van der Waals surface area contributed by atoms with Crippen molar-refractivity contribution in [1.82, 2.24) is 9.97 Å². The second-order valence-corrected chi connectivity index (χ2v) is 4.89. The van der Waals surface area contributed by atoms with Gasteiger partial charge in [-0.25, -0.2) is 9.97 Å². The summed E-state index contributed by atoms with van der Waals surface area (Å²) >= 11 is 0. The predicted molar refractivity (Wildman–Crippen MR) is 79.7 cm³/mol. The Kier molecular flexibility index (Phi) is 4.15. The van der Waals surface area contributed by atoms with Crippen molar-refractivity contribution in [2.75, 3.05) is 11.9 Å². The third-order valence-electron chi connectivity index (χ3n) is 3.26. The minimum Gasteiger partial charge on any atom is -0.370 e. The summed E-state index contributed by atoms with van der Waals surface area (Å²) in [7, 11) is 0. The number of anilines is 1. The summed E-state index contributed by atoms with van der Waals surface area (Å²) < 4.78 is 0. The maximum atomic E-state index is 4.62. The van der Waals surface area contributed by atoms with Gasteiger partial charge in [0.25, 0.3) is 0 Å². The van der Waals surface area contributed by atoms with Crippen molar-refractivity contribution < 1.29 is 0 Å². The van der Waals surface area contributed by atoms with Crippen molar-refractivity contribution in [2.24, 2.45) is 0 Å². The Hall–Kier alpha value is -1.90. The van der Waals surface area contributed by atoms with Crippen molar-refractivity contribution in [1.29, 1.82) is 0 Å². The third-order valence-corrected chi connectivity index (χ3v) is 3.26. The lowest BCUT2D eigenvalue weighted by atomic mass is 10.1. The molecule has 0 aliphatic rings. The fourth-order valence-electron chi connectivity index (χ4n) is 1.99. The summed E-state index contributed by atoms with van der Waals surface area (Å²) in [6.45, 7) is 9.15. The summed E-state index contributed by atoms with van der Waals surface area (Å²) in [5.41, 5.74) is 4.71. The SMILES string of the molecule is CCNc1nc(Cc2ccc(C)cc2)nc(C)c1C. The van der Waals surface area contributed by atoms with Gasteiger partial charge >= 0.3 is 0 Å². The lowest BCUT2D eigenvalue weighted by Gasteiger charge is -2.11. The van der Waals surface area contributed by atoms with Gasteiger partial charge in [0.2, 0.25) is 0 Å². The molecular weight excluding hydrogens is 234 g/mol. The predicted octanol–water partition coefficient (Wildman–Crippen LogP) is 3.42. The van der Waals surface area contributed by atoms with E-state index in [-0.39, 0.29) is 0 Å². The van der Waals surface area contributed by atoms with Gasteiger partial charge in [-0.05, 0) is 33.3 Å². The molecule has 0 amide bonds. The standard InChI is InChI=1S/C16H21N3/c1-5-17-16-12(3)13(4)18-15(19-16)10-14-8-6-11(2)7-9-14/h6-9H,5,10H2,1-4H3,(H,17,18,19). The molecule has 0 atom stereocenters. The van der Waals surface area contributed by atoms with Crippen LogP contribution in [-0.2, 0) is 6.42 Å². The average molecular weight is 255 g/mol. The van der Waals surface area contributed by atoms with Crippen molar-refractivity contribution in [2.45, 2.75) is 34.1 Å². The Bertz CT molecular complexity index is 559. The number of hydrogen-bond donors (Lipinski definition) is 1. The highest BCUT2D eigenvalue weighted by Gasteiger charge is 2.07. The molecule has 0 unspecified atom stereocenters. The largest absolute Gasteiger partial charge is 0.370 e. The van der Waals surface area contributed by atoms with Crippen LogP contribution in [0.1, 0.15) is 35.1 Å². The molecule has 2 aromatic rings. The van der Waals surface area contributed by atoms with Crippen LogP contribution in [-0.4, -0.2) is 16.5 Å². The molecule has 0 bridgehead atoms. The molecule has 0 fully saturated rings. The fourth-order valence-corrected chi connectivity index (χ4v) is 1.99. The van der Waals surface area contributed by atoms with Gasteiger partial charge in [0.1, 0.15) is 11.6 Å². The molecule has 0 aliphatic heterocycles. The topological polar surface area (TPSA) is 37.8 Å². The highest BCUT2D eigenvalue weighted by Crippen LogP contribution is 2.16. The maximum absolute atomic E-state index is 4.62. The Labute approximate surface area is 115 Å². The van der Waals surface area contributed by atoms with Crippen molar-refractivity contribution in [3.05, 3.63) is 52.5 Å². The molecule has 3 nitrogen and oxygen atoms in total. The van der Waals surface area contributed by atoms with Crippen LogP contribution in [0.2, 0.25) is 0 Å². The van der Waals surface area contributed by atoms with Crippen molar-refractivity contribution in [3.8, 4) is 0 Å². The zero-order valence-electron chi connectivity index (χ0n) is 12.1. The minimum absolute atomic E-state index is 0.778. The van der Waals surface area contributed by atoms with Gasteiger partial charge in [0, 0.05) is 24.2 Å². The summed E-state index contributed by atoms with van der Waals surface area (Å²) in [5, 5.41) is 3.30. The molecule has 1 N–H and O–H groups in total. The van der Waals surface area contributed by atoms with Gasteiger partial charge in [-0.3, -0.25) is 0 Å². The second kappa shape index (κ2) is 5.83. The molecule has 0 aliphatic carbocycles. The molecule has 100 valence electrons. The van der Waals surface area contributed by atoms with Gasteiger partial charge in [0.05, 0.1) is 0 Å². The summed E-state index contributed by atoms with van der Waals surface area (Å²) in [4.78, 5) is 9.20. The average Bonchev–Trinajstić information content (AvgIpc) is 2.38. The van der Waals surface area contributed by atoms with Gasteiger partial charge in [-0.1, -0.05) is 29.8 Å². The van der Waals surface area contributed by atoms with E-state index in [0.717, 1.165) is 35.9 Å². The monoisotopic (exact) mass is 255 g/mol. The molecule has 19 heavy (non-hydrogen) atoms. The Morgan fingerprint density at radius 3 is 2.32 bits per heavy atom. The Morgan fingerprint density at radius 2 is 1.68 bits per heavy atom. The van der Waals surface area contributed by atoms with E-state index < -0.39 is 0 Å². The molecule has 0 saturated carbocycles. The first-order valence-corrected chi connectivity index (χ1v) is 6.73. The quantitative estimate of drug-likeness (QED) is 0.909. The van der Waals surface area contributed by atoms with Gasteiger partial charge in [-0.15, -0.1) is 0 Å². The van der Waals surface area contributed by atoms with Crippen LogP contribution in [0.25, 0.3) is 0 Å². The van der Waals surface area contributed by atoms with Crippen LogP contribution >= 0.6 is 0 Å². The molecular formula is C16H21N3. The van der Waals surface area contributed by atoms with Crippen LogP contribution in [0.3, 0.4) is 0 Å². The zero-order chi connectivity index (χ0) is 13.8. The van der Waals surface area contributed by atoms with E-state index in [4.69, 9.17) is 0 Å². The smallest absolute Gasteiger partial charge is 0.135 e. The van der Waals surface area contributed by atoms with Crippen LogP contribution in [0.5, 0.6) is 0 Å². The summed E-state index contributed by atoms with van der Waals surface area (Å²) in [6.07, 6.45) is 0.778. The number of benzene rings is 1. The summed E-state index contributed by atoms with van der Waals surface area (Å²) in [6, 6.07) is 8.53. The molecule has 0 saturated heterocycles. The molecule has 1 aromatic carbocycles. The minimum atomic E-state index is 0.778. The highest BCUT2D eigenvalue weighted by atomic mass is 15.0. The number of hydrogen-bond acceptors (Lipinski definition) is 3. The first-order valence-electron chi connectivity index (χ1n) is 6.73. The van der Waals surface area contributed by atoms with Crippen LogP contribution in [0.4, 0.5) is 5.82 Å². The van der Waals surface area contributed by atoms with E-state index >= 15 is 0 Å². The van der Waals surface area contributed by atoms with Crippen molar-refractivity contribution in [3.63, 3.8) is 0 Å². The van der Waals surface area contributed by atoms with E-state index in [1.165, 1.54) is 11.1 Å². The van der Waals surface area contributed by atoms with Crippen LogP contribution in [0.15, 0.2) is 24.3 Å². The molecule has 2 rings (SSSR count). The third kappa shape index (κ3) is 3.31. The van der Waals surface area contributed by atoms with Crippen LogP contribution < -0.4 is 5.32 Å². The van der Waals surface area contributed by atoms with Crippen molar-refractivity contribution >= 4 is 5.82 Å². The van der Waals surface area contributed by atoms with E-state index in [1.807, 2.05) is 6.92 Å². The maximum Gasteiger partial charge on any atom is 0.135 e. The lowest BCUT2D eigenvalue weighted by Crippen LogP contribution is -2.08. The van der Waals surface area contributed by atoms with Crippen LogP contribution in [0, 0.1) is 20.8 Å². The molecule has 3 heteroatoms. The number of aromatic nitrogens is 2. The molecule has 0 spiro atoms. The number of nitrogens with one attached hydrogen (secondary N) is 1. The van der Waals surface area contributed by atoms with Gasteiger partial charge in [0.15, 0.2) is 0 Å². The second-order valence-electron chi connectivity index (χ2n) is 4.89. The van der Waals surface area contributed by atoms with E-state index in [1.54, 1.807) is 0 Å². The highest BCUT2D eigenvalue weighted by molar-refractivity contribution is 5.45. The molecule has 1 aromatic heterocycles. The zero-order valence-corrected chi connectivity index (χ0v) is 12.1. The van der Waals surface area contributed by atoms with Gasteiger partial charge in [-0.2, -0.15) is 0 Å².